The molecular weight excluding hydrogens is 500 g/mol. The number of carbonyl (C=O) groups is 2. The predicted octanol–water partition coefficient (Wildman–Crippen LogP) is 5.13. The summed E-state index contributed by atoms with van der Waals surface area (Å²) in [5.41, 5.74) is 14.3. The minimum absolute atomic E-state index is 0.0266. The van der Waals surface area contributed by atoms with Crippen LogP contribution in [0.25, 0.3) is 0 Å². The van der Waals surface area contributed by atoms with Gasteiger partial charge in [0.2, 0.25) is 0 Å². The molecule has 40 heavy (non-hydrogen) atoms. The van der Waals surface area contributed by atoms with E-state index in [1.54, 1.807) is 48.5 Å². The number of rotatable bonds is 6. The normalized spacial score (nSPS) is 23.3. The number of hydrogen-bond acceptors (Lipinski definition) is 7. The summed E-state index contributed by atoms with van der Waals surface area (Å²) in [4.78, 5) is 29.1. The number of carbonyl (C=O) groups excluding carboxylic acids is 2. The highest BCUT2D eigenvalue weighted by molar-refractivity contribution is 6.20. The van der Waals surface area contributed by atoms with Crippen LogP contribution >= 0.6 is 0 Å². The summed E-state index contributed by atoms with van der Waals surface area (Å²) in [5, 5.41) is 8.40. The average molecular weight is 529 g/mol. The van der Waals surface area contributed by atoms with Gasteiger partial charge in [0.15, 0.2) is 11.6 Å². The number of amidine groups is 2. The number of ether oxygens (including phenoxy) is 1. The van der Waals surface area contributed by atoms with Gasteiger partial charge in [-0.25, -0.2) is 0 Å². The summed E-state index contributed by atoms with van der Waals surface area (Å²) in [6, 6.07) is 36.8. The SMILES string of the molecule is NC1=NN=C(N)C12[C@H](C(=O)c1ccccc1)[C@@H](c1ccccc1)O[C@@H](c1ccccc1)[C@@H]2C(=O)c1ccccc1. The smallest absolute Gasteiger partial charge is 0.170 e. The molecule has 0 aliphatic carbocycles. The third-order valence-electron chi connectivity index (χ3n) is 7.93. The van der Waals surface area contributed by atoms with Crippen LogP contribution in [0.5, 0.6) is 0 Å². The minimum Gasteiger partial charge on any atom is -0.385 e. The van der Waals surface area contributed by atoms with E-state index in [1.807, 2.05) is 72.8 Å². The summed E-state index contributed by atoms with van der Waals surface area (Å²) in [5.74, 6) is -2.51. The fourth-order valence-electron chi connectivity index (χ4n) is 6.11. The quantitative estimate of drug-likeness (QED) is 0.336. The van der Waals surface area contributed by atoms with Gasteiger partial charge in [-0.05, 0) is 11.1 Å². The Morgan fingerprint density at radius 1 is 0.550 bits per heavy atom. The first-order valence-electron chi connectivity index (χ1n) is 13.1. The highest BCUT2D eigenvalue weighted by Crippen LogP contribution is 2.59. The molecule has 0 unspecified atom stereocenters. The van der Waals surface area contributed by atoms with Crippen molar-refractivity contribution in [3.63, 3.8) is 0 Å². The Hall–Kier alpha value is -4.88. The van der Waals surface area contributed by atoms with Crippen molar-refractivity contribution < 1.29 is 14.3 Å². The number of nitrogens with two attached hydrogens (primary N) is 2. The topological polar surface area (TPSA) is 120 Å². The van der Waals surface area contributed by atoms with E-state index < -0.39 is 29.5 Å². The zero-order valence-corrected chi connectivity index (χ0v) is 21.6. The Kier molecular flexibility index (Phi) is 6.58. The van der Waals surface area contributed by atoms with Crippen molar-refractivity contribution in [2.45, 2.75) is 12.2 Å². The number of ketones is 2. The molecule has 198 valence electrons. The van der Waals surface area contributed by atoms with Crippen molar-refractivity contribution in [1.29, 1.82) is 0 Å². The van der Waals surface area contributed by atoms with Crippen molar-refractivity contribution in [2.75, 3.05) is 0 Å². The van der Waals surface area contributed by atoms with Crippen LogP contribution in [0, 0.1) is 17.3 Å². The standard InChI is InChI=1S/C33H28N4O3/c34-31-33(32(35)37-36-31)25(27(38)21-13-5-1-6-14-21)29(23-17-9-3-10-18-23)40-30(24-19-11-4-12-20-24)26(33)28(39)22-15-7-2-8-16-22/h1-20,25-26,29-30H,(H2,34,36)(H2,35,37)/t25-,26+,29-,30+. The number of Topliss-reactive ketones (excluding diaryl/α,β-unsaturated/α-hetero) is 2. The Balaban J connectivity index is 1.65. The Bertz CT molecular complexity index is 1470. The molecule has 0 amide bonds. The van der Waals surface area contributed by atoms with Crippen LogP contribution in [0.15, 0.2) is 132 Å². The van der Waals surface area contributed by atoms with E-state index in [9.17, 15) is 9.59 Å². The van der Waals surface area contributed by atoms with Crippen LogP contribution in [0.1, 0.15) is 44.1 Å². The lowest BCUT2D eigenvalue weighted by Crippen LogP contribution is -2.64. The lowest BCUT2D eigenvalue weighted by Gasteiger charge is -2.52. The van der Waals surface area contributed by atoms with Crippen LogP contribution < -0.4 is 11.5 Å². The highest BCUT2D eigenvalue weighted by atomic mass is 16.5. The molecule has 1 spiro atoms. The third kappa shape index (κ3) is 4.03. The molecule has 6 rings (SSSR count). The molecule has 2 aliphatic rings. The fraction of sp³-hybridized carbons (Fsp3) is 0.152. The monoisotopic (exact) mass is 528 g/mol. The van der Waals surface area contributed by atoms with E-state index in [-0.39, 0.29) is 23.2 Å². The Morgan fingerprint density at radius 2 is 0.875 bits per heavy atom. The molecule has 7 heteroatoms. The molecule has 4 aromatic rings. The zero-order chi connectivity index (χ0) is 27.7. The largest absolute Gasteiger partial charge is 0.385 e. The molecule has 7 nitrogen and oxygen atoms in total. The third-order valence-corrected chi connectivity index (χ3v) is 7.93. The van der Waals surface area contributed by atoms with Gasteiger partial charge in [0.1, 0.15) is 17.1 Å². The van der Waals surface area contributed by atoms with Crippen LogP contribution in [0.3, 0.4) is 0 Å². The fourth-order valence-corrected chi connectivity index (χ4v) is 6.11. The second-order valence-electron chi connectivity index (χ2n) is 10.1. The number of hydrogen-bond donors (Lipinski definition) is 2. The molecule has 4 N–H and O–H groups in total. The van der Waals surface area contributed by atoms with Gasteiger partial charge in [0, 0.05) is 11.1 Å². The Labute approximate surface area is 232 Å². The van der Waals surface area contributed by atoms with Crippen molar-refractivity contribution in [1.82, 2.24) is 0 Å². The molecule has 2 aliphatic heterocycles. The summed E-state index contributed by atoms with van der Waals surface area (Å²) >= 11 is 0. The van der Waals surface area contributed by atoms with Gasteiger partial charge < -0.3 is 16.2 Å². The maximum Gasteiger partial charge on any atom is 0.170 e. The van der Waals surface area contributed by atoms with E-state index in [1.165, 1.54) is 0 Å². The maximum absolute atomic E-state index is 14.6. The molecule has 0 radical (unpaired) electrons. The first-order chi connectivity index (χ1) is 19.5. The van der Waals surface area contributed by atoms with Gasteiger partial charge in [-0.2, -0.15) is 0 Å². The second kappa shape index (κ2) is 10.4. The van der Waals surface area contributed by atoms with E-state index >= 15 is 0 Å². The van der Waals surface area contributed by atoms with E-state index in [2.05, 4.69) is 10.2 Å². The molecule has 2 heterocycles. The summed E-state index contributed by atoms with van der Waals surface area (Å²) in [7, 11) is 0. The van der Waals surface area contributed by atoms with Gasteiger partial charge in [0.25, 0.3) is 0 Å². The zero-order valence-electron chi connectivity index (χ0n) is 21.6. The molecule has 0 aromatic heterocycles. The predicted molar refractivity (Wildman–Crippen MR) is 154 cm³/mol. The minimum atomic E-state index is -1.54. The Morgan fingerprint density at radius 3 is 1.23 bits per heavy atom. The van der Waals surface area contributed by atoms with Crippen molar-refractivity contribution >= 4 is 23.2 Å². The highest BCUT2D eigenvalue weighted by Gasteiger charge is 2.67. The van der Waals surface area contributed by atoms with Gasteiger partial charge in [-0.15, -0.1) is 10.2 Å². The van der Waals surface area contributed by atoms with Crippen molar-refractivity contribution in [3.05, 3.63) is 144 Å². The first kappa shape index (κ1) is 25.4. The van der Waals surface area contributed by atoms with Crippen molar-refractivity contribution in [2.24, 2.45) is 38.9 Å². The lowest BCUT2D eigenvalue weighted by atomic mass is 9.55. The van der Waals surface area contributed by atoms with Crippen LogP contribution in [0.4, 0.5) is 0 Å². The summed E-state index contributed by atoms with van der Waals surface area (Å²) in [6.07, 6.45) is -1.61. The van der Waals surface area contributed by atoms with Crippen molar-refractivity contribution in [3.8, 4) is 0 Å². The van der Waals surface area contributed by atoms with Gasteiger partial charge >= 0.3 is 0 Å². The summed E-state index contributed by atoms with van der Waals surface area (Å²) < 4.78 is 6.89. The van der Waals surface area contributed by atoms with Gasteiger partial charge in [0.05, 0.1) is 24.0 Å². The average Bonchev–Trinajstić information content (AvgIpc) is 3.30. The van der Waals surface area contributed by atoms with Crippen LogP contribution in [0.2, 0.25) is 0 Å². The maximum atomic E-state index is 14.6. The van der Waals surface area contributed by atoms with Crippen LogP contribution in [-0.4, -0.2) is 23.2 Å². The number of benzene rings is 4. The first-order valence-corrected chi connectivity index (χ1v) is 13.1. The summed E-state index contributed by atoms with van der Waals surface area (Å²) in [6.45, 7) is 0. The number of nitrogens with zero attached hydrogens (tertiary/aromatic N) is 2. The molecule has 0 saturated carbocycles. The molecule has 0 bridgehead atoms. The lowest BCUT2D eigenvalue weighted by molar-refractivity contribution is -0.128. The molecule has 4 aromatic carbocycles. The molecule has 1 fully saturated rings. The van der Waals surface area contributed by atoms with E-state index in [0.29, 0.717) is 11.1 Å². The molecule has 4 atom stereocenters. The molecule has 1 saturated heterocycles. The van der Waals surface area contributed by atoms with Crippen LogP contribution in [-0.2, 0) is 4.74 Å². The van der Waals surface area contributed by atoms with Gasteiger partial charge in [-0.3, -0.25) is 9.59 Å². The van der Waals surface area contributed by atoms with Gasteiger partial charge in [-0.1, -0.05) is 121 Å². The molecular formula is C33H28N4O3. The second-order valence-corrected chi connectivity index (χ2v) is 10.1. The van der Waals surface area contributed by atoms with E-state index in [0.717, 1.165) is 11.1 Å². The van der Waals surface area contributed by atoms with E-state index in [4.69, 9.17) is 16.2 Å².